The first-order valence-electron chi connectivity index (χ1n) is 4.80. The average molecular weight is 200 g/mol. The molecule has 0 fully saturated rings. The second-order valence-corrected chi connectivity index (χ2v) is 3.59. The number of aromatic amines is 1. The second-order valence-electron chi connectivity index (χ2n) is 3.59. The number of benzene rings is 1. The Morgan fingerprint density at radius 2 is 2.00 bits per heavy atom. The van der Waals surface area contributed by atoms with Crippen molar-refractivity contribution in [1.29, 1.82) is 0 Å². The molecule has 1 aromatic carbocycles. The Kier molecular flexibility index (Phi) is 2.37. The number of hydrogen-bond donors (Lipinski definition) is 1. The number of nitrogens with one attached hydrogen (secondary N) is 1. The van der Waals surface area contributed by atoms with Crippen molar-refractivity contribution in [2.24, 2.45) is 0 Å². The van der Waals surface area contributed by atoms with E-state index in [0.717, 1.165) is 16.8 Å². The summed E-state index contributed by atoms with van der Waals surface area (Å²) in [5.41, 5.74) is 2.75. The summed E-state index contributed by atoms with van der Waals surface area (Å²) in [6, 6.07) is 9.46. The van der Waals surface area contributed by atoms with Gasteiger partial charge in [-0.15, -0.1) is 0 Å². The van der Waals surface area contributed by atoms with E-state index in [-0.39, 0.29) is 5.56 Å². The maximum atomic E-state index is 11.3. The van der Waals surface area contributed by atoms with Crippen LogP contribution in [0.5, 0.6) is 0 Å². The van der Waals surface area contributed by atoms with Crippen LogP contribution in [0.1, 0.15) is 11.4 Å². The van der Waals surface area contributed by atoms with Crippen molar-refractivity contribution in [3.05, 3.63) is 52.1 Å². The lowest BCUT2D eigenvalue weighted by Crippen LogP contribution is -2.08. The van der Waals surface area contributed by atoms with Gasteiger partial charge in [0.15, 0.2) is 0 Å². The molecule has 2 aromatic rings. The quantitative estimate of drug-likeness (QED) is 0.765. The van der Waals surface area contributed by atoms with E-state index < -0.39 is 0 Å². The highest BCUT2D eigenvalue weighted by Gasteiger charge is 2.01. The molecule has 0 atom stereocenters. The lowest BCUT2D eigenvalue weighted by Gasteiger charge is -2.02. The van der Waals surface area contributed by atoms with Crippen LogP contribution in [0.2, 0.25) is 0 Å². The molecule has 0 spiro atoms. The van der Waals surface area contributed by atoms with Crippen LogP contribution in [0.3, 0.4) is 0 Å². The third kappa shape index (κ3) is 2.13. The summed E-state index contributed by atoms with van der Waals surface area (Å²) in [7, 11) is 0. The van der Waals surface area contributed by atoms with Crippen LogP contribution in [0.15, 0.2) is 35.1 Å². The highest BCUT2D eigenvalue weighted by atomic mass is 16.1. The minimum Gasteiger partial charge on any atom is -0.311 e. The number of rotatable bonds is 1. The van der Waals surface area contributed by atoms with Crippen LogP contribution in [0, 0.1) is 13.8 Å². The van der Waals surface area contributed by atoms with Crippen molar-refractivity contribution < 1.29 is 0 Å². The lowest BCUT2D eigenvalue weighted by atomic mass is 10.1. The van der Waals surface area contributed by atoms with E-state index in [9.17, 15) is 4.79 Å². The molecule has 0 radical (unpaired) electrons. The highest BCUT2D eigenvalue weighted by Crippen LogP contribution is 2.16. The first kappa shape index (κ1) is 9.65. The van der Waals surface area contributed by atoms with Crippen LogP contribution in [0.25, 0.3) is 11.3 Å². The van der Waals surface area contributed by atoms with Gasteiger partial charge in [0.2, 0.25) is 0 Å². The normalized spacial score (nSPS) is 10.3. The highest BCUT2D eigenvalue weighted by molar-refractivity contribution is 5.59. The number of H-pyrrole nitrogens is 1. The second kappa shape index (κ2) is 3.69. The number of hydrogen-bond acceptors (Lipinski definition) is 2. The number of nitrogens with zero attached hydrogens (tertiary/aromatic N) is 1. The lowest BCUT2D eigenvalue weighted by molar-refractivity contribution is 1.02. The molecule has 0 saturated heterocycles. The van der Waals surface area contributed by atoms with E-state index in [0.29, 0.717) is 5.82 Å². The average Bonchev–Trinajstić information content (AvgIpc) is 2.16. The summed E-state index contributed by atoms with van der Waals surface area (Å²) in [6.07, 6.45) is 0. The Labute approximate surface area is 87.8 Å². The van der Waals surface area contributed by atoms with Gasteiger partial charge in [0.25, 0.3) is 5.56 Å². The largest absolute Gasteiger partial charge is 0.311 e. The molecule has 3 heteroatoms. The molecular formula is C12H12N2O. The van der Waals surface area contributed by atoms with Crippen LogP contribution >= 0.6 is 0 Å². The monoisotopic (exact) mass is 200 g/mol. The van der Waals surface area contributed by atoms with Crippen LogP contribution in [-0.4, -0.2) is 9.97 Å². The Bertz CT molecular complexity index is 543. The number of aryl methyl sites for hydroxylation is 2. The van der Waals surface area contributed by atoms with Gasteiger partial charge in [0.1, 0.15) is 5.82 Å². The predicted octanol–water partition coefficient (Wildman–Crippen LogP) is 2.05. The van der Waals surface area contributed by atoms with Crippen LogP contribution < -0.4 is 5.56 Å². The molecule has 2 rings (SSSR count). The molecule has 0 bridgehead atoms. The summed E-state index contributed by atoms with van der Waals surface area (Å²) in [6.45, 7) is 3.80. The minimum atomic E-state index is -0.112. The summed E-state index contributed by atoms with van der Waals surface area (Å²) in [5, 5.41) is 0. The first-order chi connectivity index (χ1) is 7.15. The third-order valence-electron chi connectivity index (χ3n) is 2.17. The summed E-state index contributed by atoms with van der Waals surface area (Å²) < 4.78 is 0. The zero-order chi connectivity index (χ0) is 10.8. The van der Waals surface area contributed by atoms with E-state index in [4.69, 9.17) is 0 Å². The van der Waals surface area contributed by atoms with Gasteiger partial charge in [0.05, 0.1) is 5.69 Å². The Morgan fingerprint density at radius 3 is 2.67 bits per heavy atom. The zero-order valence-corrected chi connectivity index (χ0v) is 8.74. The van der Waals surface area contributed by atoms with Gasteiger partial charge >= 0.3 is 0 Å². The molecule has 0 amide bonds. The molecule has 1 N–H and O–H groups in total. The van der Waals surface area contributed by atoms with Crippen molar-refractivity contribution >= 4 is 0 Å². The molecule has 1 heterocycles. The predicted molar refractivity (Wildman–Crippen MR) is 59.8 cm³/mol. The molecule has 0 aliphatic heterocycles. The van der Waals surface area contributed by atoms with E-state index in [1.165, 1.54) is 6.07 Å². The Hall–Kier alpha value is -1.90. The Morgan fingerprint density at radius 1 is 1.20 bits per heavy atom. The minimum absolute atomic E-state index is 0.112. The fraction of sp³-hybridized carbons (Fsp3) is 0.167. The van der Waals surface area contributed by atoms with Crippen molar-refractivity contribution in [2.45, 2.75) is 13.8 Å². The molecule has 0 saturated carbocycles. The van der Waals surface area contributed by atoms with Gasteiger partial charge in [-0.2, -0.15) is 0 Å². The van der Waals surface area contributed by atoms with Gasteiger partial charge in [-0.25, -0.2) is 4.98 Å². The van der Waals surface area contributed by atoms with Gasteiger partial charge in [0, 0.05) is 11.6 Å². The van der Waals surface area contributed by atoms with E-state index in [2.05, 4.69) is 9.97 Å². The summed E-state index contributed by atoms with van der Waals surface area (Å²) in [5.74, 6) is 0.638. The van der Waals surface area contributed by atoms with E-state index in [1.54, 1.807) is 6.92 Å². The van der Waals surface area contributed by atoms with Crippen molar-refractivity contribution in [2.75, 3.05) is 0 Å². The van der Waals surface area contributed by atoms with Gasteiger partial charge in [-0.05, 0) is 19.9 Å². The van der Waals surface area contributed by atoms with E-state index >= 15 is 0 Å². The Balaban J connectivity index is 2.59. The maximum Gasteiger partial charge on any atom is 0.251 e. The molecule has 15 heavy (non-hydrogen) atoms. The molecule has 0 aliphatic carbocycles. The summed E-state index contributed by atoms with van der Waals surface area (Å²) in [4.78, 5) is 18.2. The standard InChI is InChI=1S/C12H12N2O/c1-8-4-3-5-10(6-8)11-7-12(15)14-9(2)13-11/h3-7H,1-2H3,(H,13,14,15). The van der Waals surface area contributed by atoms with Gasteiger partial charge in [-0.3, -0.25) is 4.79 Å². The maximum absolute atomic E-state index is 11.3. The van der Waals surface area contributed by atoms with Crippen LogP contribution in [0.4, 0.5) is 0 Å². The third-order valence-corrected chi connectivity index (χ3v) is 2.17. The smallest absolute Gasteiger partial charge is 0.251 e. The number of aromatic nitrogens is 2. The SMILES string of the molecule is Cc1cccc(-c2cc(=O)[nH]c(C)n2)c1. The molecular weight excluding hydrogens is 188 g/mol. The molecule has 3 nitrogen and oxygen atoms in total. The van der Waals surface area contributed by atoms with E-state index in [1.807, 2.05) is 31.2 Å². The summed E-state index contributed by atoms with van der Waals surface area (Å²) >= 11 is 0. The van der Waals surface area contributed by atoms with Gasteiger partial charge < -0.3 is 4.98 Å². The first-order valence-corrected chi connectivity index (χ1v) is 4.80. The van der Waals surface area contributed by atoms with Crippen LogP contribution in [-0.2, 0) is 0 Å². The fourth-order valence-electron chi connectivity index (χ4n) is 1.53. The topological polar surface area (TPSA) is 45.8 Å². The molecule has 0 aliphatic rings. The fourth-order valence-corrected chi connectivity index (χ4v) is 1.53. The van der Waals surface area contributed by atoms with Crippen molar-refractivity contribution in [3.8, 4) is 11.3 Å². The molecule has 0 unspecified atom stereocenters. The zero-order valence-electron chi connectivity index (χ0n) is 8.74. The van der Waals surface area contributed by atoms with Crippen molar-refractivity contribution in [1.82, 2.24) is 9.97 Å². The molecule has 76 valence electrons. The van der Waals surface area contributed by atoms with Crippen molar-refractivity contribution in [3.63, 3.8) is 0 Å². The van der Waals surface area contributed by atoms with Gasteiger partial charge in [-0.1, -0.05) is 23.8 Å². The molecule has 1 aromatic heterocycles.